The molecule has 106 valence electrons. The molecule has 1 aliphatic rings. The fraction of sp³-hybridized carbons (Fsp3) is 0.385. The van der Waals surface area contributed by atoms with Crippen LogP contribution < -0.4 is 0 Å². The van der Waals surface area contributed by atoms with Crippen LogP contribution in [0.2, 0.25) is 0 Å². The number of aliphatic hydroxyl groups is 1. The molecule has 6 nitrogen and oxygen atoms in total. The molecule has 7 heteroatoms. The van der Waals surface area contributed by atoms with Crippen LogP contribution in [-0.2, 0) is 16.9 Å². The van der Waals surface area contributed by atoms with E-state index in [1.54, 1.807) is 19.2 Å². The molecule has 1 atom stereocenters. The van der Waals surface area contributed by atoms with E-state index < -0.39 is 15.9 Å². The van der Waals surface area contributed by atoms with Crippen LogP contribution in [0.5, 0.6) is 0 Å². The van der Waals surface area contributed by atoms with Gasteiger partial charge in [-0.3, -0.25) is 4.68 Å². The van der Waals surface area contributed by atoms with Gasteiger partial charge in [0.2, 0.25) is 14.9 Å². The molecule has 20 heavy (non-hydrogen) atoms. The van der Waals surface area contributed by atoms with Gasteiger partial charge in [-0.25, -0.2) is 8.42 Å². The smallest absolute Gasteiger partial charge is 0.227 e. The van der Waals surface area contributed by atoms with Gasteiger partial charge >= 0.3 is 0 Å². The van der Waals surface area contributed by atoms with Crippen molar-refractivity contribution in [3.8, 4) is 0 Å². The summed E-state index contributed by atoms with van der Waals surface area (Å²) in [6.45, 7) is 0. The summed E-state index contributed by atoms with van der Waals surface area (Å²) in [4.78, 5) is 0.157. The lowest BCUT2D eigenvalue weighted by atomic mass is 10.1. The SMILES string of the molecule is Cn1cc(S(=O)(=O)c2ccc(C(O)C3CC3)cc2)nn1. The molecule has 1 heterocycles. The lowest BCUT2D eigenvalue weighted by Crippen LogP contribution is -2.04. The third-order valence-corrected chi connectivity index (χ3v) is 5.09. The third-order valence-electron chi connectivity index (χ3n) is 3.46. The first kappa shape index (κ1) is 13.3. The average Bonchev–Trinajstić information content (AvgIpc) is 3.19. The topological polar surface area (TPSA) is 85.1 Å². The quantitative estimate of drug-likeness (QED) is 0.912. The van der Waals surface area contributed by atoms with Crippen molar-refractivity contribution in [1.82, 2.24) is 15.0 Å². The van der Waals surface area contributed by atoms with Crippen molar-refractivity contribution in [3.05, 3.63) is 36.0 Å². The van der Waals surface area contributed by atoms with Crippen LogP contribution in [0.15, 0.2) is 40.4 Å². The van der Waals surface area contributed by atoms with Crippen molar-refractivity contribution in [2.24, 2.45) is 13.0 Å². The summed E-state index contributed by atoms with van der Waals surface area (Å²) in [6, 6.07) is 6.33. The molecular weight excluding hydrogens is 278 g/mol. The largest absolute Gasteiger partial charge is 0.388 e. The number of nitrogens with zero attached hydrogens (tertiary/aromatic N) is 3. The van der Waals surface area contributed by atoms with Crippen LogP contribution in [0.4, 0.5) is 0 Å². The van der Waals surface area contributed by atoms with Crippen LogP contribution in [0.3, 0.4) is 0 Å². The number of rotatable bonds is 4. The summed E-state index contributed by atoms with van der Waals surface area (Å²) in [5.74, 6) is 0.317. The minimum absolute atomic E-state index is 0.0736. The lowest BCUT2D eigenvalue weighted by molar-refractivity contribution is 0.154. The Bertz CT molecular complexity index is 718. The van der Waals surface area contributed by atoms with Gasteiger partial charge in [-0.05, 0) is 36.5 Å². The van der Waals surface area contributed by atoms with Crippen LogP contribution in [0.1, 0.15) is 24.5 Å². The molecule has 1 aromatic carbocycles. The molecule has 1 aromatic heterocycles. The minimum atomic E-state index is -3.64. The summed E-state index contributed by atoms with van der Waals surface area (Å²) < 4.78 is 25.9. The summed E-state index contributed by atoms with van der Waals surface area (Å²) >= 11 is 0. The van der Waals surface area contributed by atoms with E-state index in [-0.39, 0.29) is 9.92 Å². The molecule has 2 aromatic rings. The highest BCUT2D eigenvalue weighted by Gasteiger charge is 2.31. The molecule has 1 N–H and O–H groups in total. The predicted molar refractivity (Wildman–Crippen MR) is 70.6 cm³/mol. The Morgan fingerprint density at radius 2 is 1.95 bits per heavy atom. The third kappa shape index (κ3) is 2.34. The molecule has 1 fully saturated rings. The van der Waals surface area contributed by atoms with Gasteiger partial charge in [-0.1, -0.05) is 17.3 Å². The van der Waals surface area contributed by atoms with Crippen molar-refractivity contribution in [2.75, 3.05) is 0 Å². The molecule has 3 rings (SSSR count). The number of aromatic nitrogens is 3. The van der Waals surface area contributed by atoms with Gasteiger partial charge in [0.15, 0.2) is 0 Å². The number of benzene rings is 1. The number of hydrogen-bond donors (Lipinski definition) is 1. The molecule has 0 radical (unpaired) electrons. The standard InChI is InChI=1S/C13H15N3O3S/c1-16-8-12(14-15-16)20(18,19)11-6-4-10(5-7-11)13(17)9-2-3-9/h4-9,13,17H,2-3H2,1H3. The first-order valence-electron chi connectivity index (χ1n) is 6.38. The molecular formula is C13H15N3O3S. The van der Waals surface area contributed by atoms with Gasteiger partial charge in [0.25, 0.3) is 0 Å². The van der Waals surface area contributed by atoms with Crippen molar-refractivity contribution in [2.45, 2.75) is 28.9 Å². The second kappa shape index (κ2) is 4.68. The molecule has 1 aliphatic carbocycles. The number of hydrogen-bond acceptors (Lipinski definition) is 5. The van der Waals surface area contributed by atoms with E-state index >= 15 is 0 Å². The van der Waals surface area contributed by atoms with Crippen LogP contribution >= 0.6 is 0 Å². The van der Waals surface area contributed by atoms with Gasteiger partial charge in [0, 0.05) is 7.05 Å². The fourth-order valence-electron chi connectivity index (χ4n) is 2.10. The second-order valence-corrected chi connectivity index (χ2v) is 6.98. The monoisotopic (exact) mass is 293 g/mol. The van der Waals surface area contributed by atoms with Crippen molar-refractivity contribution >= 4 is 9.84 Å². The number of aliphatic hydroxyl groups excluding tert-OH is 1. The maximum Gasteiger partial charge on any atom is 0.227 e. The van der Waals surface area contributed by atoms with Crippen molar-refractivity contribution in [1.29, 1.82) is 0 Å². The van der Waals surface area contributed by atoms with Gasteiger partial charge in [-0.15, -0.1) is 5.10 Å². The molecule has 0 bridgehead atoms. The summed E-state index contributed by atoms with van der Waals surface area (Å²) in [6.07, 6.45) is 2.92. The average molecular weight is 293 g/mol. The van der Waals surface area contributed by atoms with Gasteiger partial charge < -0.3 is 5.11 Å². The summed E-state index contributed by atoms with van der Waals surface area (Å²) in [7, 11) is -2.03. The Labute approximate surface area is 117 Å². The van der Waals surface area contributed by atoms with Crippen LogP contribution in [0.25, 0.3) is 0 Å². The maximum absolute atomic E-state index is 12.3. The summed E-state index contributed by atoms with van der Waals surface area (Å²) in [5.41, 5.74) is 0.755. The van der Waals surface area contributed by atoms with Crippen LogP contribution in [-0.4, -0.2) is 28.5 Å². The molecule has 1 saturated carbocycles. The zero-order valence-electron chi connectivity index (χ0n) is 11.0. The van der Waals surface area contributed by atoms with Crippen molar-refractivity contribution < 1.29 is 13.5 Å². The molecule has 0 spiro atoms. The molecule has 0 saturated heterocycles. The summed E-state index contributed by atoms with van der Waals surface area (Å²) in [5, 5.41) is 17.2. The first-order valence-corrected chi connectivity index (χ1v) is 7.86. The molecule has 1 unspecified atom stereocenters. The lowest BCUT2D eigenvalue weighted by Gasteiger charge is -2.10. The Kier molecular flexibility index (Phi) is 3.10. The highest BCUT2D eigenvalue weighted by atomic mass is 32.2. The van der Waals surface area contributed by atoms with Gasteiger partial charge in [0.1, 0.15) is 0 Å². The fourth-order valence-corrected chi connectivity index (χ4v) is 3.27. The van der Waals surface area contributed by atoms with E-state index in [0.717, 1.165) is 18.4 Å². The Hall–Kier alpha value is -1.73. The van der Waals surface area contributed by atoms with E-state index in [1.165, 1.54) is 23.0 Å². The maximum atomic E-state index is 12.3. The zero-order chi connectivity index (χ0) is 14.3. The first-order chi connectivity index (χ1) is 9.48. The van der Waals surface area contributed by atoms with E-state index in [9.17, 15) is 13.5 Å². The Balaban J connectivity index is 1.90. The van der Waals surface area contributed by atoms with Gasteiger partial charge in [0.05, 0.1) is 17.2 Å². The number of sulfone groups is 1. The second-order valence-electron chi connectivity index (χ2n) is 5.09. The van der Waals surface area contributed by atoms with E-state index in [0.29, 0.717) is 5.92 Å². The Morgan fingerprint density at radius 3 is 2.45 bits per heavy atom. The minimum Gasteiger partial charge on any atom is -0.388 e. The highest BCUT2D eigenvalue weighted by molar-refractivity contribution is 7.91. The van der Waals surface area contributed by atoms with Crippen molar-refractivity contribution in [3.63, 3.8) is 0 Å². The molecule has 0 amide bonds. The van der Waals surface area contributed by atoms with E-state index in [4.69, 9.17) is 0 Å². The zero-order valence-corrected chi connectivity index (χ0v) is 11.8. The van der Waals surface area contributed by atoms with Gasteiger partial charge in [-0.2, -0.15) is 0 Å². The molecule has 0 aliphatic heterocycles. The van der Waals surface area contributed by atoms with E-state index in [2.05, 4.69) is 10.3 Å². The van der Waals surface area contributed by atoms with Crippen LogP contribution in [0, 0.1) is 5.92 Å². The number of aryl methyl sites for hydroxylation is 1. The highest BCUT2D eigenvalue weighted by Crippen LogP contribution is 2.40. The van der Waals surface area contributed by atoms with E-state index in [1.807, 2.05) is 0 Å². The predicted octanol–water partition coefficient (Wildman–Crippen LogP) is 1.09. The Morgan fingerprint density at radius 1 is 1.30 bits per heavy atom. The normalized spacial score (nSPS) is 17.1.